The lowest BCUT2D eigenvalue weighted by molar-refractivity contribution is 0.219. The van der Waals surface area contributed by atoms with E-state index in [-0.39, 0.29) is 0 Å². The van der Waals surface area contributed by atoms with Crippen molar-refractivity contribution in [3.8, 4) is 0 Å². The van der Waals surface area contributed by atoms with Gasteiger partial charge in [0.2, 0.25) is 0 Å². The van der Waals surface area contributed by atoms with Crippen LogP contribution in [0.2, 0.25) is 0 Å². The molecule has 2 aromatic carbocycles. The lowest BCUT2D eigenvalue weighted by atomic mass is 10.1. The first kappa shape index (κ1) is 23.5. The fourth-order valence-electron chi connectivity index (χ4n) is 3.83. The van der Waals surface area contributed by atoms with Gasteiger partial charge in [0.25, 0.3) is 0 Å². The maximum atomic E-state index is 4.84. The Balaban J connectivity index is 1.67. The molecule has 3 aromatic rings. The average Bonchev–Trinajstić information content (AvgIpc) is 3.34. The summed E-state index contributed by atoms with van der Waals surface area (Å²) in [7, 11) is 0. The number of aliphatic imine (C=N–C) groups is 1. The number of rotatable bonds is 11. The number of likely N-dealkylation sites (N-methyl/N-ethyl adjacent to an activating group) is 1. The van der Waals surface area contributed by atoms with Gasteiger partial charge in [0.15, 0.2) is 5.96 Å². The summed E-state index contributed by atoms with van der Waals surface area (Å²) >= 11 is 0. The van der Waals surface area contributed by atoms with Gasteiger partial charge in [-0.3, -0.25) is 4.90 Å². The van der Waals surface area contributed by atoms with Gasteiger partial charge in [-0.2, -0.15) is 5.10 Å². The normalized spacial score (nSPS) is 12.7. The van der Waals surface area contributed by atoms with Gasteiger partial charge in [0.1, 0.15) is 12.7 Å². The monoisotopic (exact) mass is 433 g/mol. The van der Waals surface area contributed by atoms with Gasteiger partial charge in [0, 0.05) is 13.1 Å². The van der Waals surface area contributed by atoms with E-state index in [9.17, 15) is 0 Å². The third-order valence-corrected chi connectivity index (χ3v) is 5.47. The molecule has 7 heteroatoms. The minimum Gasteiger partial charge on any atom is -0.357 e. The van der Waals surface area contributed by atoms with Crippen LogP contribution in [0.3, 0.4) is 0 Å². The summed E-state index contributed by atoms with van der Waals surface area (Å²) < 4.78 is 1.82. The maximum absolute atomic E-state index is 4.84. The molecule has 1 aromatic heterocycles. The van der Waals surface area contributed by atoms with Crippen LogP contribution in [0, 0.1) is 0 Å². The summed E-state index contributed by atoms with van der Waals surface area (Å²) in [6, 6.07) is 19.5. The van der Waals surface area contributed by atoms with E-state index < -0.39 is 0 Å². The summed E-state index contributed by atoms with van der Waals surface area (Å²) in [6.07, 6.45) is 3.29. The van der Waals surface area contributed by atoms with Crippen LogP contribution in [0.25, 0.3) is 0 Å². The van der Waals surface area contributed by atoms with E-state index in [1.807, 2.05) is 4.68 Å². The number of benzene rings is 2. The molecule has 1 unspecified atom stereocenters. The van der Waals surface area contributed by atoms with Crippen molar-refractivity contribution in [2.75, 3.05) is 26.2 Å². The lowest BCUT2D eigenvalue weighted by Crippen LogP contribution is -2.43. The van der Waals surface area contributed by atoms with E-state index in [0.29, 0.717) is 19.1 Å². The molecule has 0 fully saturated rings. The van der Waals surface area contributed by atoms with Crippen molar-refractivity contribution in [1.82, 2.24) is 30.3 Å². The maximum Gasteiger partial charge on any atom is 0.191 e. The molecule has 170 valence electrons. The second kappa shape index (κ2) is 12.6. The standard InChI is InChI=1S/C25H35N7/c1-4-27-25(29-17-24(31(5-2)6-3)23-13-8-7-9-14-23)28-16-21-11-10-12-22(15-21)18-32-20-26-19-30-32/h7-15,19-20,24H,4-6,16-18H2,1-3H3,(H2,27,28,29). The number of nitrogens with zero attached hydrogens (tertiary/aromatic N) is 5. The minimum atomic E-state index is 0.293. The molecule has 0 aliphatic rings. The fraction of sp³-hybridized carbons (Fsp3) is 0.400. The molecule has 0 saturated heterocycles. The van der Waals surface area contributed by atoms with Crippen LogP contribution in [0.1, 0.15) is 43.5 Å². The molecule has 0 spiro atoms. The Morgan fingerprint density at radius 3 is 2.47 bits per heavy atom. The van der Waals surface area contributed by atoms with Gasteiger partial charge in [-0.15, -0.1) is 0 Å². The van der Waals surface area contributed by atoms with Crippen molar-refractivity contribution in [3.05, 3.63) is 83.9 Å². The predicted molar refractivity (Wildman–Crippen MR) is 130 cm³/mol. The van der Waals surface area contributed by atoms with E-state index in [1.54, 1.807) is 12.7 Å². The van der Waals surface area contributed by atoms with Crippen LogP contribution < -0.4 is 10.6 Å². The second-order valence-electron chi connectivity index (χ2n) is 7.64. The number of hydrogen-bond donors (Lipinski definition) is 2. The van der Waals surface area contributed by atoms with Crippen molar-refractivity contribution in [2.24, 2.45) is 4.99 Å². The van der Waals surface area contributed by atoms with Gasteiger partial charge in [-0.1, -0.05) is 68.4 Å². The smallest absolute Gasteiger partial charge is 0.191 e. The van der Waals surface area contributed by atoms with Gasteiger partial charge in [0.05, 0.1) is 19.1 Å². The topological polar surface area (TPSA) is 70.4 Å². The Labute approximate surface area is 191 Å². The molecular weight excluding hydrogens is 398 g/mol. The van der Waals surface area contributed by atoms with Crippen LogP contribution in [0.5, 0.6) is 0 Å². The van der Waals surface area contributed by atoms with E-state index in [4.69, 9.17) is 4.99 Å². The van der Waals surface area contributed by atoms with Gasteiger partial charge >= 0.3 is 0 Å². The third-order valence-electron chi connectivity index (χ3n) is 5.47. The first-order valence-electron chi connectivity index (χ1n) is 11.4. The van der Waals surface area contributed by atoms with Gasteiger partial charge in [-0.25, -0.2) is 14.7 Å². The highest BCUT2D eigenvalue weighted by Gasteiger charge is 2.18. The third kappa shape index (κ3) is 6.92. The molecule has 1 heterocycles. The molecule has 1 atom stereocenters. The number of aromatic nitrogens is 3. The lowest BCUT2D eigenvalue weighted by Gasteiger charge is -2.30. The van der Waals surface area contributed by atoms with E-state index in [1.165, 1.54) is 16.7 Å². The Hall–Kier alpha value is -3.19. The zero-order valence-corrected chi connectivity index (χ0v) is 19.4. The van der Waals surface area contributed by atoms with Crippen molar-refractivity contribution in [1.29, 1.82) is 0 Å². The average molecular weight is 434 g/mol. The second-order valence-corrected chi connectivity index (χ2v) is 7.64. The predicted octanol–water partition coefficient (Wildman–Crippen LogP) is 3.46. The van der Waals surface area contributed by atoms with Crippen LogP contribution in [0.4, 0.5) is 0 Å². The highest BCUT2D eigenvalue weighted by atomic mass is 15.3. The molecule has 0 radical (unpaired) electrons. The first-order valence-corrected chi connectivity index (χ1v) is 11.4. The molecule has 0 aliphatic heterocycles. The minimum absolute atomic E-state index is 0.293. The molecule has 0 saturated carbocycles. The van der Waals surface area contributed by atoms with Crippen LogP contribution in [-0.4, -0.2) is 51.8 Å². The number of nitrogens with one attached hydrogen (secondary N) is 2. The molecule has 0 aliphatic carbocycles. The Kier molecular flexibility index (Phi) is 9.25. The molecule has 32 heavy (non-hydrogen) atoms. The largest absolute Gasteiger partial charge is 0.357 e. The van der Waals surface area contributed by atoms with Gasteiger partial charge in [-0.05, 0) is 36.7 Å². The molecular formula is C25H35N7. The zero-order chi connectivity index (χ0) is 22.6. The molecule has 0 bridgehead atoms. The summed E-state index contributed by atoms with van der Waals surface area (Å²) in [6.45, 7) is 11.5. The van der Waals surface area contributed by atoms with Crippen LogP contribution >= 0.6 is 0 Å². The number of hydrogen-bond acceptors (Lipinski definition) is 4. The van der Waals surface area contributed by atoms with Crippen molar-refractivity contribution in [2.45, 2.75) is 39.9 Å². The molecule has 3 rings (SSSR count). The van der Waals surface area contributed by atoms with E-state index in [2.05, 4.69) is 101 Å². The van der Waals surface area contributed by atoms with Crippen LogP contribution in [0.15, 0.2) is 72.2 Å². The summed E-state index contributed by atoms with van der Waals surface area (Å²) in [5.74, 6) is 0.835. The van der Waals surface area contributed by atoms with Crippen LogP contribution in [-0.2, 0) is 13.1 Å². The Morgan fingerprint density at radius 1 is 1.00 bits per heavy atom. The quantitative estimate of drug-likeness (QED) is 0.358. The molecule has 7 nitrogen and oxygen atoms in total. The highest BCUT2D eigenvalue weighted by Crippen LogP contribution is 2.19. The summed E-state index contributed by atoms with van der Waals surface area (Å²) in [5, 5.41) is 11.1. The molecule has 0 amide bonds. The summed E-state index contributed by atoms with van der Waals surface area (Å²) in [4.78, 5) is 11.3. The first-order chi connectivity index (χ1) is 15.7. The van der Waals surface area contributed by atoms with E-state index >= 15 is 0 Å². The Bertz CT molecular complexity index is 934. The number of guanidine groups is 1. The molecule has 2 N–H and O–H groups in total. The summed E-state index contributed by atoms with van der Waals surface area (Å²) in [5.41, 5.74) is 3.68. The fourth-order valence-corrected chi connectivity index (χ4v) is 3.83. The van der Waals surface area contributed by atoms with E-state index in [0.717, 1.165) is 32.1 Å². The van der Waals surface area contributed by atoms with Crippen molar-refractivity contribution < 1.29 is 0 Å². The van der Waals surface area contributed by atoms with Crippen molar-refractivity contribution >= 4 is 5.96 Å². The highest BCUT2D eigenvalue weighted by molar-refractivity contribution is 5.79. The zero-order valence-electron chi connectivity index (χ0n) is 19.4. The van der Waals surface area contributed by atoms with Gasteiger partial charge < -0.3 is 10.6 Å². The van der Waals surface area contributed by atoms with Crippen molar-refractivity contribution in [3.63, 3.8) is 0 Å². The Morgan fingerprint density at radius 2 is 1.78 bits per heavy atom. The SMILES string of the molecule is CCNC(=NCc1cccc(Cn2cncn2)c1)NCC(c1ccccc1)N(CC)CC.